The lowest BCUT2D eigenvalue weighted by atomic mass is 10.3. The van der Waals surface area contributed by atoms with Crippen LogP contribution < -0.4 is 11.5 Å². The van der Waals surface area contributed by atoms with Crippen LogP contribution in [0.3, 0.4) is 0 Å². The van der Waals surface area contributed by atoms with Crippen molar-refractivity contribution in [3.05, 3.63) is 11.5 Å². The quantitative estimate of drug-likeness (QED) is 0.349. The molecule has 0 aromatic carbocycles. The first-order valence-corrected chi connectivity index (χ1v) is 5.79. The minimum Gasteiger partial charge on any atom is -0.477 e. The number of primary amides is 1. The van der Waals surface area contributed by atoms with E-state index in [1.165, 1.54) is 13.3 Å². The summed E-state index contributed by atoms with van der Waals surface area (Å²) in [6, 6.07) is 0. The van der Waals surface area contributed by atoms with E-state index in [0.29, 0.717) is 6.61 Å². The Hall–Kier alpha value is -1.60. The van der Waals surface area contributed by atoms with Gasteiger partial charge in [0.05, 0.1) is 13.2 Å². The zero-order valence-corrected chi connectivity index (χ0v) is 10.6. The predicted octanol–water partition coefficient (Wildman–Crippen LogP) is -1.31. The Balaban J connectivity index is 2.40. The van der Waals surface area contributed by atoms with E-state index in [1.807, 2.05) is 0 Å². The van der Waals surface area contributed by atoms with Crippen LogP contribution in [-0.4, -0.2) is 63.5 Å². The Morgan fingerprint density at radius 2 is 2.11 bits per heavy atom. The number of morpholine rings is 1. The number of nitrogens with zero attached hydrogens (tertiary/aromatic N) is 2. The fourth-order valence-electron chi connectivity index (χ4n) is 1.56. The van der Waals surface area contributed by atoms with Crippen LogP contribution in [-0.2, 0) is 14.3 Å². The van der Waals surface area contributed by atoms with Crippen molar-refractivity contribution in [1.82, 2.24) is 4.90 Å². The monoisotopic (exact) mass is 256 g/mol. The summed E-state index contributed by atoms with van der Waals surface area (Å²) in [4.78, 5) is 17.0. The number of nitrogens with two attached hydrogens (primary N) is 2. The van der Waals surface area contributed by atoms with Crippen LogP contribution in [0.25, 0.3) is 0 Å². The van der Waals surface area contributed by atoms with Crippen molar-refractivity contribution in [2.45, 2.75) is 0 Å². The van der Waals surface area contributed by atoms with Gasteiger partial charge in [-0.2, -0.15) is 0 Å². The molecule has 1 aliphatic rings. The van der Waals surface area contributed by atoms with E-state index >= 15 is 0 Å². The fourth-order valence-corrected chi connectivity index (χ4v) is 1.56. The molecule has 1 aliphatic heterocycles. The smallest absolute Gasteiger partial charge is 0.255 e. The lowest BCUT2D eigenvalue weighted by Crippen LogP contribution is -2.38. The summed E-state index contributed by atoms with van der Waals surface area (Å²) in [5.41, 5.74) is 10.9. The molecule has 4 N–H and O–H groups in total. The Labute approximate surface area is 106 Å². The third-order valence-electron chi connectivity index (χ3n) is 2.56. The molecule has 102 valence electrons. The summed E-state index contributed by atoms with van der Waals surface area (Å²) in [5.74, 6) is -0.633. The molecule has 0 unspecified atom stereocenters. The largest absolute Gasteiger partial charge is 0.477 e. The standard InChI is InChI=1S/C11H20N4O3/c1-14-8-9(10(12)16)11(13)18-7-4-15-2-5-17-6-3-15/h8H,2-7,13H2,1H3,(H2,12,16). The Kier molecular flexibility index (Phi) is 6.16. The molecule has 0 aliphatic carbocycles. The maximum Gasteiger partial charge on any atom is 0.255 e. The van der Waals surface area contributed by atoms with E-state index in [1.54, 1.807) is 0 Å². The molecule has 0 saturated carbocycles. The Morgan fingerprint density at radius 3 is 2.67 bits per heavy atom. The molecule has 1 amide bonds. The number of aliphatic imine (C=N–C) groups is 1. The summed E-state index contributed by atoms with van der Waals surface area (Å²) in [7, 11) is 1.53. The maximum atomic E-state index is 11.1. The van der Waals surface area contributed by atoms with Crippen molar-refractivity contribution in [3.8, 4) is 0 Å². The minimum atomic E-state index is -0.649. The van der Waals surface area contributed by atoms with Crippen LogP contribution in [0.5, 0.6) is 0 Å². The fraction of sp³-hybridized carbons (Fsp3) is 0.636. The van der Waals surface area contributed by atoms with E-state index in [4.69, 9.17) is 20.9 Å². The van der Waals surface area contributed by atoms with Gasteiger partial charge >= 0.3 is 0 Å². The number of amides is 1. The van der Waals surface area contributed by atoms with Gasteiger partial charge in [-0.1, -0.05) is 0 Å². The van der Waals surface area contributed by atoms with E-state index in [0.717, 1.165) is 32.8 Å². The average molecular weight is 256 g/mol. The van der Waals surface area contributed by atoms with Crippen molar-refractivity contribution in [3.63, 3.8) is 0 Å². The molecule has 0 aromatic heterocycles. The third kappa shape index (κ3) is 4.72. The topological polar surface area (TPSA) is 103 Å². The first kappa shape index (κ1) is 14.5. The summed E-state index contributed by atoms with van der Waals surface area (Å²) >= 11 is 0. The highest BCUT2D eigenvalue weighted by Crippen LogP contribution is 2.00. The molecule has 1 fully saturated rings. The third-order valence-corrected chi connectivity index (χ3v) is 2.56. The van der Waals surface area contributed by atoms with E-state index < -0.39 is 5.91 Å². The van der Waals surface area contributed by atoms with Gasteiger partial charge in [0.25, 0.3) is 5.91 Å². The highest BCUT2D eigenvalue weighted by atomic mass is 16.5. The predicted molar refractivity (Wildman–Crippen MR) is 68.0 cm³/mol. The second kappa shape index (κ2) is 7.67. The molecular formula is C11H20N4O3. The van der Waals surface area contributed by atoms with Crippen LogP contribution in [0.1, 0.15) is 0 Å². The highest BCUT2D eigenvalue weighted by molar-refractivity contribution is 6.11. The molecule has 7 nitrogen and oxygen atoms in total. The van der Waals surface area contributed by atoms with Gasteiger partial charge in [-0.25, -0.2) is 0 Å². The molecule has 0 radical (unpaired) electrons. The van der Waals surface area contributed by atoms with E-state index in [9.17, 15) is 4.79 Å². The van der Waals surface area contributed by atoms with Crippen LogP contribution >= 0.6 is 0 Å². The SMILES string of the molecule is CN=CC(C(N)=O)=C(N)OCCN1CCOCC1. The number of ether oxygens (including phenoxy) is 2. The van der Waals surface area contributed by atoms with Crippen molar-refractivity contribution in [2.24, 2.45) is 16.5 Å². The van der Waals surface area contributed by atoms with Gasteiger partial charge in [0.15, 0.2) is 5.88 Å². The van der Waals surface area contributed by atoms with Gasteiger partial charge in [0.1, 0.15) is 12.2 Å². The minimum absolute atomic E-state index is 0.0151. The number of carbonyl (C=O) groups excluding carboxylic acids is 1. The molecule has 18 heavy (non-hydrogen) atoms. The maximum absolute atomic E-state index is 11.1. The van der Waals surface area contributed by atoms with Crippen LogP contribution in [0.4, 0.5) is 0 Å². The van der Waals surface area contributed by atoms with Gasteiger partial charge < -0.3 is 20.9 Å². The van der Waals surface area contributed by atoms with Crippen LogP contribution in [0.2, 0.25) is 0 Å². The summed E-state index contributed by atoms with van der Waals surface area (Å²) in [6.45, 7) is 4.37. The second-order valence-electron chi connectivity index (χ2n) is 3.83. The Bertz CT molecular complexity index is 335. The van der Waals surface area contributed by atoms with Crippen molar-refractivity contribution in [1.29, 1.82) is 0 Å². The van der Waals surface area contributed by atoms with Crippen molar-refractivity contribution in [2.75, 3.05) is 46.5 Å². The van der Waals surface area contributed by atoms with Gasteiger partial charge in [-0.3, -0.25) is 14.7 Å². The van der Waals surface area contributed by atoms with Crippen molar-refractivity contribution < 1.29 is 14.3 Å². The van der Waals surface area contributed by atoms with Crippen LogP contribution in [0, 0.1) is 0 Å². The Morgan fingerprint density at radius 1 is 1.44 bits per heavy atom. The molecule has 7 heteroatoms. The molecule has 0 aromatic rings. The van der Waals surface area contributed by atoms with Gasteiger partial charge in [0.2, 0.25) is 0 Å². The second-order valence-corrected chi connectivity index (χ2v) is 3.83. The number of hydrogen-bond donors (Lipinski definition) is 2. The normalized spacial score (nSPS) is 18.7. The summed E-state index contributed by atoms with van der Waals surface area (Å²) in [6.07, 6.45) is 1.30. The molecule has 1 rings (SSSR count). The zero-order valence-electron chi connectivity index (χ0n) is 10.6. The van der Waals surface area contributed by atoms with E-state index in [-0.39, 0.29) is 11.5 Å². The lowest BCUT2D eigenvalue weighted by Gasteiger charge is -2.26. The van der Waals surface area contributed by atoms with E-state index in [2.05, 4.69) is 9.89 Å². The number of carbonyl (C=O) groups is 1. The first-order valence-electron chi connectivity index (χ1n) is 5.79. The molecule has 0 atom stereocenters. The highest BCUT2D eigenvalue weighted by Gasteiger charge is 2.12. The lowest BCUT2D eigenvalue weighted by molar-refractivity contribution is -0.114. The number of rotatable bonds is 6. The van der Waals surface area contributed by atoms with Gasteiger partial charge in [-0.15, -0.1) is 0 Å². The molecular weight excluding hydrogens is 236 g/mol. The van der Waals surface area contributed by atoms with Gasteiger partial charge in [-0.05, 0) is 0 Å². The van der Waals surface area contributed by atoms with Crippen molar-refractivity contribution >= 4 is 12.1 Å². The number of hydrogen-bond acceptors (Lipinski definition) is 6. The molecule has 0 bridgehead atoms. The first-order chi connectivity index (χ1) is 8.65. The van der Waals surface area contributed by atoms with Gasteiger partial charge in [0, 0.05) is 32.9 Å². The van der Waals surface area contributed by atoms with Crippen LogP contribution in [0.15, 0.2) is 16.4 Å². The zero-order chi connectivity index (χ0) is 13.4. The molecule has 1 saturated heterocycles. The summed E-state index contributed by atoms with van der Waals surface area (Å²) in [5, 5.41) is 0. The molecule has 1 heterocycles. The summed E-state index contributed by atoms with van der Waals surface area (Å²) < 4.78 is 10.5. The molecule has 0 spiro atoms. The average Bonchev–Trinajstić information content (AvgIpc) is 2.36.